The Kier molecular flexibility index (Phi) is 3.15. The fraction of sp³-hybridized carbons (Fsp3) is 0.400. The lowest BCUT2D eigenvalue weighted by Crippen LogP contribution is -2.14. The van der Waals surface area contributed by atoms with Crippen LogP contribution in [-0.4, -0.2) is 12.3 Å². The van der Waals surface area contributed by atoms with Gasteiger partial charge in [-0.2, -0.15) is 0 Å². The van der Waals surface area contributed by atoms with Gasteiger partial charge in [-0.25, -0.2) is 0 Å². The van der Waals surface area contributed by atoms with Crippen LogP contribution in [0, 0.1) is 5.92 Å². The molecule has 3 rings (SSSR count). The molecule has 0 atom stereocenters. The van der Waals surface area contributed by atoms with Gasteiger partial charge in [0.2, 0.25) is 5.88 Å². The zero-order valence-corrected chi connectivity index (χ0v) is 11.1. The fourth-order valence-corrected chi connectivity index (χ4v) is 2.59. The third kappa shape index (κ3) is 2.18. The van der Waals surface area contributed by atoms with Crippen LogP contribution >= 0.6 is 0 Å². The number of nitrogen functional groups attached to an aromatic ring is 1. The van der Waals surface area contributed by atoms with Crippen molar-refractivity contribution in [2.45, 2.75) is 25.7 Å². The van der Waals surface area contributed by atoms with Crippen molar-refractivity contribution in [2.75, 3.05) is 12.8 Å². The van der Waals surface area contributed by atoms with Gasteiger partial charge >= 0.3 is 0 Å². The minimum atomic E-state index is 0.374. The summed E-state index contributed by atoms with van der Waals surface area (Å²) in [5.74, 6) is 1.89. The monoisotopic (exact) mass is 258 g/mol. The van der Waals surface area contributed by atoms with Crippen LogP contribution in [-0.2, 0) is 6.42 Å². The molecule has 1 aliphatic rings. The standard InChI is InChI=1S/C15H18N2O2/c1-18-13-8-3-2-7-11(13)14-12(17-19-15(14)16)9-10-5-4-6-10/h2-3,7-8,10H,4-6,9,16H2,1H3. The number of ether oxygens (including phenoxy) is 1. The first-order valence-electron chi connectivity index (χ1n) is 6.67. The number of hydrogen-bond donors (Lipinski definition) is 1. The summed E-state index contributed by atoms with van der Waals surface area (Å²) < 4.78 is 10.6. The lowest BCUT2D eigenvalue weighted by atomic mass is 9.81. The zero-order chi connectivity index (χ0) is 13.2. The Morgan fingerprint density at radius 3 is 2.84 bits per heavy atom. The quantitative estimate of drug-likeness (QED) is 0.914. The van der Waals surface area contributed by atoms with E-state index in [0.717, 1.165) is 34.9 Å². The molecule has 1 aliphatic carbocycles. The number of nitrogens with zero attached hydrogens (tertiary/aromatic N) is 1. The Bertz CT molecular complexity index is 573. The van der Waals surface area contributed by atoms with E-state index in [-0.39, 0.29) is 0 Å². The van der Waals surface area contributed by atoms with Gasteiger partial charge in [0.05, 0.1) is 18.4 Å². The molecular formula is C15H18N2O2. The van der Waals surface area contributed by atoms with Crippen LogP contribution in [0.25, 0.3) is 11.1 Å². The predicted molar refractivity (Wildman–Crippen MR) is 73.9 cm³/mol. The number of benzene rings is 1. The SMILES string of the molecule is COc1ccccc1-c1c(CC2CCC2)noc1N. The Balaban J connectivity index is 2.00. The van der Waals surface area contributed by atoms with E-state index in [4.69, 9.17) is 15.0 Å². The molecule has 0 aliphatic heterocycles. The van der Waals surface area contributed by atoms with E-state index in [0.29, 0.717) is 5.88 Å². The first-order valence-corrected chi connectivity index (χ1v) is 6.67. The second kappa shape index (κ2) is 4.96. The van der Waals surface area contributed by atoms with Crippen LogP contribution in [0.2, 0.25) is 0 Å². The predicted octanol–water partition coefficient (Wildman–Crippen LogP) is 3.28. The van der Waals surface area contributed by atoms with Crippen molar-refractivity contribution in [1.29, 1.82) is 0 Å². The van der Waals surface area contributed by atoms with Crippen LogP contribution in [0.15, 0.2) is 28.8 Å². The topological polar surface area (TPSA) is 61.3 Å². The van der Waals surface area contributed by atoms with Crippen LogP contribution in [0.5, 0.6) is 5.75 Å². The largest absolute Gasteiger partial charge is 0.496 e. The third-order valence-electron chi connectivity index (χ3n) is 3.87. The molecule has 0 amide bonds. The highest BCUT2D eigenvalue weighted by Gasteiger charge is 2.24. The Morgan fingerprint density at radius 1 is 1.37 bits per heavy atom. The maximum Gasteiger partial charge on any atom is 0.230 e. The van der Waals surface area contributed by atoms with Crippen molar-refractivity contribution in [2.24, 2.45) is 5.92 Å². The van der Waals surface area contributed by atoms with Crippen molar-refractivity contribution < 1.29 is 9.26 Å². The average Bonchev–Trinajstić information content (AvgIpc) is 2.75. The molecule has 4 nitrogen and oxygen atoms in total. The van der Waals surface area contributed by atoms with Crippen molar-refractivity contribution in [3.05, 3.63) is 30.0 Å². The molecule has 0 radical (unpaired) electrons. The first kappa shape index (κ1) is 12.1. The highest BCUT2D eigenvalue weighted by Crippen LogP contribution is 2.39. The highest BCUT2D eigenvalue weighted by molar-refractivity contribution is 5.79. The molecular weight excluding hydrogens is 240 g/mol. The summed E-state index contributed by atoms with van der Waals surface area (Å²) in [4.78, 5) is 0. The molecule has 2 N–H and O–H groups in total. The Hall–Kier alpha value is -1.97. The maximum atomic E-state index is 5.95. The molecule has 100 valence electrons. The van der Waals surface area contributed by atoms with Gasteiger partial charge in [0.25, 0.3) is 0 Å². The maximum absolute atomic E-state index is 5.95. The van der Waals surface area contributed by atoms with Crippen LogP contribution in [0.1, 0.15) is 25.0 Å². The summed E-state index contributed by atoms with van der Waals surface area (Å²) in [7, 11) is 1.66. The molecule has 2 aromatic rings. The van der Waals surface area contributed by atoms with E-state index >= 15 is 0 Å². The molecule has 19 heavy (non-hydrogen) atoms. The lowest BCUT2D eigenvalue weighted by Gasteiger charge is -2.24. The van der Waals surface area contributed by atoms with Crippen LogP contribution in [0.3, 0.4) is 0 Å². The minimum absolute atomic E-state index is 0.374. The second-order valence-electron chi connectivity index (χ2n) is 5.07. The average molecular weight is 258 g/mol. The Morgan fingerprint density at radius 2 is 2.16 bits per heavy atom. The summed E-state index contributed by atoms with van der Waals surface area (Å²) in [6.07, 6.45) is 4.81. The molecule has 0 spiro atoms. The van der Waals surface area contributed by atoms with Gasteiger partial charge in [0, 0.05) is 5.56 Å². The number of anilines is 1. The van der Waals surface area contributed by atoms with E-state index in [1.54, 1.807) is 7.11 Å². The van der Waals surface area contributed by atoms with Crippen molar-refractivity contribution in [1.82, 2.24) is 5.16 Å². The van der Waals surface area contributed by atoms with E-state index < -0.39 is 0 Å². The highest BCUT2D eigenvalue weighted by atomic mass is 16.5. The number of methoxy groups -OCH3 is 1. The summed E-state index contributed by atoms with van der Waals surface area (Å²) in [6, 6.07) is 7.83. The van der Waals surface area contributed by atoms with Gasteiger partial charge in [-0.1, -0.05) is 42.6 Å². The molecule has 1 aromatic heterocycles. The minimum Gasteiger partial charge on any atom is -0.496 e. The number of nitrogens with two attached hydrogens (primary N) is 1. The zero-order valence-electron chi connectivity index (χ0n) is 11.1. The smallest absolute Gasteiger partial charge is 0.230 e. The van der Waals surface area contributed by atoms with E-state index in [9.17, 15) is 0 Å². The number of aromatic nitrogens is 1. The first-order chi connectivity index (χ1) is 9.29. The summed E-state index contributed by atoms with van der Waals surface area (Å²) in [6.45, 7) is 0. The number of para-hydroxylation sites is 1. The lowest BCUT2D eigenvalue weighted by molar-refractivity contribution is 0.305. The normalized spacial score (nSPS) is 15.2. The second-order valence-corrected chi connectivity index (χ2v) is 5.07. The summed E-state index contributed by atoms with van der Waals surface area (Å²) >= 11 is 0. The molecule has 1 aromatic carbocycles. The fourth-order valence-electron chi connectivity index (χ4n) is 2.59. The van der Waals surface area contributed by atoms with Crippen molar-refractivity contribution >= 4 is 5.88 Å². The molecule has 1 fully saturated rings. The number of hydrogen-bond acceptors (Lipinski definition) is 4. The van der Waals surface area contributed by atoms with Gasteiger partial charge in [-0.3, -0.25) is 0 Å². The molecule has 1 heterocycles. The number of rotatable bonds is 4. The van der Waals surface area contributed by atoms with Crippen molar-refractivity contribution in [3.8, 4) is 16.9 Å². The van der Waals surface area contributed by atoms with Gasteiger partial charge in [-0.15, -0.1) is 0 Å². The van der Waals surface area contributed by atoms with Crippen LogP contribution in [0.4, 0.5) is 5.88 Å². The van der Waals surface area contributed by atoms with E-state index in [1.165, 1.54) is 19.3 Å². The van der Waals surface area contributed by atoms with Crippen molar-refractivity contribution in [3.63, 3.8) is 0 Å². The van der Waals surface area contributed by atoms with E-state index in [1.807, 2.05) is 24.3 Å². The molecule has 1 saturated carbocycles. The van der Waals surface area contributed by atoms with Gasteiger partial charge in [0.15, 0.2) is 0 Å². The summed E-state index contributed by atoms with van der Waals surface area (Å²) in [5.41, 5.74) is 8.75. The molecule has 0 unspecified atom stereocenters. The summed E-state index contributed by atoms with van der Waals surface area (Å²) in [5, 5.41) is 4.13. The van der Waals surface area contributed by atoms with Gasteiger partial charge in [0.1, 0.15) is 5.75 Å². The van der Waals surface area contributed by atoms with Gasteiger partial charge in [-0.05, 0) is 18.4 Å². The van der Waals surface area contributed by atoms with Crippen LogP contribution < -0.4 is 10.5 Å². The Labute approximate surface area is 112 Å². The molecule has 0 bridgehead atoms. The van der Waals surface area contributed by atoms with Gasteiger partial charge < -0.3 is 15.0 Å². The molecule has 4 heteroatoms. The van der Waals surface area contributed by atoms with E-state index in [2.05, 4.69) is 5.16 Å². The molecule has 0 saturated heterocycles. The third-order valence-corrected chi connectivity index (χ3v) is 3.87.